The summed E-state index contributed by atoms with van der Waals surface area (Å²) in [6.07, 6.45) is 1.63. The molecule has 0 N–H and O–H groups in total. The van der Waals surface area contributed by atoms with Gasteiger partial charge in [-0.15, -0.1) is 6.58 Å². The van der Waals surface area contributed by atoms with E-state index in [2.05, 4.69) is 30.8 Å². The van der Waals surface area contributed by atoms with Crippen LogP contribution in [0.25, 0.3) is 0 Å². The van der Waals surface area contributed by atoms with Crippen LogP contribution < -0.4 is 0 Å². The van der Waals surface area contributed by atoms with Gasteiger partial charge in [0, 0.05) is 18.4 Å². The van der Waals surface area contributed by atoms with Crippen molar-refractivity contribution in [2.75, 3.05) is 6.54 Å². The molecule has 0 aromatic heterocycles. The Hall–Kier alpha value is -2.68. The van der Waals surface area contributed by atoms with Gasteiger partial charge in [-0.05, 0) is 22.3 Å². The Bertz CT molecular complexity index is 785. The van der Waals surface area contributed by atoms with E-state index in [1.54, 1.807) is 6.08 Å². The lowest BCUT2D eigenvalue weighted by molar-refractivity contribution is -0.139. The third-order valence-corrected chi connectivity index (χ3v) is 5.85. The van der Waals surface area contributed by atoms with Crippen LogP contribution in [0.1, 0.15) is 34.1 Å². The fourth-order valence-corrected chi connectivity index (χ4v) is 5.05. The summed E-state index contributed by atoms with van der Waals surface area (Å²) in [5.41, 5.74) is 4.85. The molecule has 2 bridgehead atoms. The van der Waals surface area contributed by atoms with Gasteiger partial charge >= 0.3 is 0 Å². The average Bonchev–Trinajstić information content (AvgIpc) is 2.88. The number of imide groups is 1. The van der Waals surface area contributed by atoms with Crippen LogP contribution in [0, 0.1) is 11.8 Å². The van der Waals surface area contributed by atoms with Crippen LogP contribution in [-0.4, -0.2) is 23.3 Å². The van der Waals surface area contributed by atoms with Gasteiger partial charge in [-0.25, -0.2) is 0 Å². The van der Waals surface area contributed by atoms with E-state index in [0.29, 0.717) is 6.54 Å². The summed E-state index contributed by atoms with van der Waals surface area (Å²) in [6.45, 7) is 4.00. The summed E-state index contributed by atoms with van der Waals surface area (Å²) in [7, 11) is 0. The van der Waals surface area contributed by atoms with Crippen LogP contribution in [0.2, 0.25) is 0 Å². The highest BCUT2D eigenvalue weighted by molar-refractivity contribution is 6.07. The predicted molar refractivity (Wildman–Crippen MR) is 90.5 cm³/mol. The van der Waals surface area contributed by atoms with Crippen LogP contribution in [0.4, 0.5) is 0 Å². The summed E-state index contributed by atoms with van der Waals surface area (Å²) in [5.74, 6) is -0.648. The normalized spacial score (nSPS) is 29.2. The second-order valence-electron chi connectivity index (χ2n) is 6.84. The summed E-state index contributed by atoms with van der Waals surface area (Å²) < 4.78 is 0. The molecule has 3 aliphatic carbocycles. The van der Waals surface area contributed by atoms with E-state index >= 15 is 0 Å². The van der Waals surface area contributed by atoms with Crippen LogP contribution >= 0.6 is 0 Å². The first-order valence-electron chi connectivity index (χ1n) is 8.37. The Kier molecular flexibility index (Phi) is 2.67. The largest absolute Gasteiger partial charge is 0.278 e. The van der Waals surface area contributed by atoms with E-state index in [9.17, 15) is 9.59 Å². The minimum absolute atomic E-state index is 0.0151. The van der Waals surface area contributed by atoms with Gasteiger partial charge in [0.2, 0.25) is 11.8 Å². The van der Waals surface area contributed by atoms with Crippen molar-refractivity contribution in [1.82, 2.24) is 4.90 Å². The van der Waals surface area contributed by atoms with Crippen molar-refractivity contribution in [2.45, 2.75) is 11.8 Å². The molecule has 2 aromatic carbocycles. The highest BCUT2D eigenvalue weighted by atomic mass is 16.2. The van der Waals surface area contributed by atoms with Crippen molar-refractivity contribution in [3.05, 3.63) is 83.4 Å². The Labute approximate surface area is 140 Å². The SMILES string of the molecule is C=CCN1C(=O)C2C3c4ccccc4C(c4ccccc43)C2C1=O. The van der Waals surface area contributed by atoms with E-state index in [1.165, 1.54) is 27.2 Å². The van der Waals surface area contributed by atoms with Crippen molar-refractivity contribution in [2.24, 2.45) is 11.8 Å². The molecule has 2 amide bonds. The first-order chi connectivity index (χ1) is 11.7. The first-order valence-corrected chi connectivity index (χ1v) is 8.37. The van der Waals surface area contributed by atoms with Gasteiger partial charge < -0.3 is 0 Å². The van der Waals surface area contributed by atoms with Gasteiger partial charge in [-0.2, -0.15) is 0 Å². The van der Waals surface area contributed by atoms with Crippen LogP contribution in [0.5, 0.6) is 0 Å². The fraction of sp³-hybridized carbons (Fsp3) is 0.238. The molecule has 1 saturated heterocycles. The Balaban J connectivity index is 1.78. The first kappa shape index (κ1) is 13.7. The zero-order valence-corrected chi connectivity index (χ0v) is 13.2. The van der Waals surface area contributed by atoms with E-state index in [1.807, 2.05) is 24.3 Å². The highest BCUT2D eigenvalue weighted by Crippen LogP contribution is 2.60. The maximum atomic E-state index is 13.0. The molecule has 1 fully saturated rings. The lowest BCUT2D eigenvalue weighted by atomic mass is 9.55. The standard InChI is InChI=1S/C21H17NO2/c1-2-11-22-20(23)18-16-12-7-3-4-8-13(12)17(19(18)21(22)24)15-10-6-5-9-14(15)16/h2-10,16-19H,1,11H2. The van der Waals surface area contributed by atoms with Crippen LogP contribution in [0.15, 0.2) is 61.2 Å². The molecule has 3 nitrogen and oxygen atoms in total. The number of carbonyl (C=O) groups is 2. The molecular weight excluding hydrogens is 298 g/mol. The molecule has 2 atom stereocenters. The van der Waals surface area contributed by atoms with Gasteiger partial charge in [0.15, 0.2) is 0 Å². The van der Waals surface area contributed by atoms with Gasteiger partial charge in [-0.1, -0.05) is 54.6 Å². The number of amides is 2. The van der Waals surface area contributed by atoms with Crippen molar-refractivity contribution in [1.29, 1.82) is 0 Å². The number of hydrogen-bond donors (Lipinski definition) is 0. The second-order valence-corrected chi connectivity index (χ2v) is 6.84. The van der Waals surface area contributed by atoms with Gasteiger partial charge in [0.05, 0.1) is 11.8 Å². The zero-order valence-electron chi connectivity index (χ0n) is 13.2. The third-order valence-electron chi connectivity index (χ3n) is 5.85. The molecule has 118 valence electrons. The average molecular weight is 315 g/mol. The van der Waals surface area contributed by atoms with Crippen molar-refractivity contribution in [3.8, 4) is 0 Å². The molecule has 6 rings (SSSR count). The summed E-state index contributed by atoms with van der Waals surface area (Å²) in [5, 5.41) is 0. The highest BCUT2D eigenvalue weighted by Gasteiger charge is 2.61. The monoisotopic (exact) mass is 315 g/mol. The van der Waals surface area contributed by atoms with E-state index in [-0.39, 0.29) is 35.5 Å². The summed E-state index contributed by atoms with van der Waals surface area (Å²) in [4.78, 5) is 27.4. The Morgan fingerprint density at radius 1 is 0.792 bits per heavy atom. The number of likely N-dealkylation sites (tertiary alicyclic amines) is 1. The van der Waals surface area contributed by atoms with Crippen molar-refractivity contribution < 1.29 is 9.59 Å². The van der Waals surface area contributed by atoms with Crippen molar-refractivity contribution in [3.63, 3.8) is 0 Å². The van der Waals surface area contributed by atoms with Gasteiger partial charge in [-0.3, -0.25) is 14.5 Å². The summed E-state index contributed by atoms with van der Waals surface area (Å²) >= 11 is 0. The van der Waals surface area contributed by atoms with Crippen molar-refractivity contribution >= 4 is 11.8 Å². The molecular formula is C21H17NO2. The number of hydrogen-bond acceptors (Lipinski definition) is 2. The summed E-state index contributed by atoms with van der Waals surface area (Å²) in [6, 6.07) is 16.6. The molecule has 4 aliphatic rings. The number of benzene rings is 2. The molecule has 2 aromatic rings. The molecule has 1 aliphatic heterocycles. The maximum absolute atomic E-state index is 13.0. The molecule has 0 saturated carbocycles. The number of nitrogens with zero attached hydrogens (tertiary/aromatic N) is 1. The number of carbonyl (C=O) groups excluding carboxylic acids is 2. The molecule has 1 heterocycles. The van der Waals surface area contributed by atoms with E-state index in [0.717, 1.165) is 0 Å². The zero-order chi connectivity index (χ0) is 16.4. The molecule has 2 unspecified atom stereocenters. The molecule has 3 heteroatoms. The lowest BCUT2D eigenvalue weighted by Gasteiger charge is -2.45. The molecule has 0 radical (unpaired) electrons. The maximum Gasteiger partial charge on any atom is 0.234 e. The second kappa shape index (κ2) is 4.67. The molecule has 0 spiro atoms. The van der Waals surface area contributed by atoms with Crippen LogP contribution in [-0.2, 0) is 9.59 Å². The third kappa shape index (κ3) is 1.47. The van der Waals surface area contributed by atoms with E-state index in [4.69, 9.17) is 0 Å². The topological polar surface area (TPSA) is 37.4 Å². The fourth-order valence-electron chi connectivity index (χ4n) is 5.05. The van der Waals surface area contributed by atoms with Gasteiger partial charge in [0.1, 0.15) is 0 Å². The minimum Gasteiger partial charge on any atom is -0.278 e. The van der Waals surface area contributed by atoms with E-state index < -0.39 is 0 Å². The number of rotatable bonds is 2. The smallest absolute Gasteiger partial charge is 0.234 e. The Morgan fingerprint density at radius 2 is 1.17 bits per heavy atom. The quantitative estimate of drug-likeness (QED) is 0.631. The predicted octanol–water partition coefficient (Wildman–Crippen LogP) is 3.06. The van der Waals surface area contributed by atoms with Crippen LogP contribution in [0.3, 0.4) is 0 Å². The van der Waals surface area contributed by atoms with Gasteiger partial charge in [0.25, 0.3) is 0 Å². The minimum atomic E-state index is -0.271. The Morgan fingerprint density at radius 3 is 1.50 bits per heavy atom. The molecule has 24 heavy (non-hydrogen) atoms. The lowest BCUT2D eigenvalue weighted by Crippen LogP contribution is -2.41.